The smallest absolute Gasteiger partial charge is 0.272 e. The molecule has 4 rings (SSSR count). The largest absolute Gasteiger partial charge is 0.337 e. The number of piperidine rings is 1. The molecule has 0 unspecified atom stereocenters. The summed E-state index contributed by atoms with van der Waals surface area (Å²) in [5.41, 5.74) is 1.42. The van der Waals surface area contributed by atoms with Crippen LogP contribution < -0.4 is 0 Å². The Balaban J connectivity index is 1.52. The Kier molecular flexibility index (Phi) is 4.46. The van der Waals surface area contributed by atoms with Crippen LogP contribution in [0.1, 0.15) is 36.2 Å². The van der Waals surface area contributed by atoms with Gasteiger partial charge in [0.25, 0.3) is 5.91 Å². The van der Waals surface area contributed by atoms with Gasteiger partial charge in [0.2, 0.25) is 0 Å². The van der Waals surface area contributed by atoms with Crippen LogP contribution in [0, 0.1) is 0 Å². The van der Waals surface area contributed by atoms with Crippen molar-refractivity contribution in [3.63, 3.8) is 0 Å². The van der Waals surface area contributed by atoms with Crippen molar-refractivity contribution in [2.75, 3.05) is 6.54 Å². The Morgan fingerprint density at radius 2 is 2.08 bits per heavy atom. The highest BCUT2D eigenvalue weighted by Gasteiger charge is 2.28. The van der Waals surface area contributed by atoms with Crippen LogP contribution in [-0.2, 0) is 6.54 Å². The second-order valence-corrected chi connectivity index (χ2v) is 6.63. The molecule has 1 fully saturated rings. The fourth-order valence-corrected chi connectivity index (χ4v) is 3.62. The van der Waals surface area contributed by atoms with Gasteiger partial charge < -0.3 is 9.47 Å². The predicted octanol–water partition coefficient (Wildman–Crippen LogP) is 3.52. The van der Waals surface area contributed by atoms with Crippen molar-refractivity contribution >= 4 is 16.8 Å². The second-order valence-electron chi connectivity index (χ2n) is 6.63. The van der Waals surface area contributed by atoms with E-state index in [0.29, 0.717) is 5.69 Å². The van der Waals surface area contributed by atoms with Crippen LogP contribution in [-0.4, -0.2) is 37.9 Å². The first-order valence-electron chi connectivity index (χ1n) is 8.94. The van der Waals surface area contributed by atoms with Crippen LogP contribution in [0.4, 0.5) is 0 Å². The van der Waals surface area contributed by atoms with Gasteiger partial charge in [0.05, 0.1) is 11.8 Å². The Morgan fingerprint density at radius 3 is 2.96 bits per heavy atom. The van der Waals surface area contributed by atoms with Gasteiger partial charge in [0.1, 0.15) is 5.69 Å². The average Bonchev–Trinajstić information content (AvgIpc) is 3.19. The molecule has 3 aromatic rings. The van der Waals surface area contributed by atoms with E-state index in [1.807, 2.05) is 53.8 Å². The summed E-state index contributed by atoms with van der Waals surface area (Å²) in [6.45, 7) is 1.71. The molecule has 3 heterocycles. The first-order valence-corrected chi connectivity index (χ1v) is 8.94. The number of likely N-dealkylation sites (tertiary alicyclic amines) is 1. The maximum Gasteiger partial charge on any atom is 0.272 e. The molecule has 2 aromatic heterocycles. The van der Waals surface area contributed by atoms with Crippen LogP contribution >= 0.6 is 0 Å². The summed E-state index contributed by atoms with van der Waals surface area (Å²) < 4.78 is 2.07. The lowest BCUT2D eigenvalue weighted by molar-refractivity contribution is 0.0590. The van der Waals surface area contributed by atoms with Gasteiger partial charge in [-0.25, -0.2) is 9.97 Å². The van der Waals surface area contributed by atoms with E-state index in [1.54, 1.807) is 6.20 Å². The van der Waals surface area contributed by atoms with Gasteiger partial charge in [0.15, 0.2) is 0 Å². The van der Waals surface area contributed by atoms with Gasteiger partial charge in [-0.15, -0.1) is 0 Å². The SMILES string of the molecule is O=C(c1ccc2ccccc2n1)N1CCCC[C@@H]1CCn1ccnc1. The molecule has 0 bridgehead atoms. The number of nitrogens with zero attached hydrogens (tertiary/aromatic N) is 4. The van der Waals surface area contributed by atoms with Gasteiger partial charge in [-0.1, -0.05) is 24.3 Å². The van der Waals surface area contributed by atoms with E-state index in [9.17, 15) is 4.79 Å². The van der Waals surface area contributed by atoms with E-state index in [2.05, 4.69) is 14.5 Å². The molecule has 1 aromatic carbocycles. The third-order valence-electron chi connectivity index (χ3n) is 4.99. The zero-order valence-corrected chi connectivity index (χ0v) is 14.2. The van der Waals surface area contributed by atoms with E-state index in [1.165, 1.54) is 6.42 Å². The van der Waals surface area contributed by atoms with Gasteiger partial charge in [-0.3, -0.25) is 4.79 Å². The molecule has 0 aliphatic carbocycles. The van der Waals surface area contributed by atoms with E-state index in [-0.39, 0.29) is 11.9 Å². The second kappa shape index (κ2) is 7.05. The van der Waals surface area contributed by atoms with E-state index < -0.39 is 0 Å². The molecule has 0 spiro atoms. The number of hydrogen-bond donors (Lipinski definition) is 0. The van der Waals surface area contributed by atoms with Crippen LogP contribution in [0.2, 0.25) is 0 Å². The zero-order chi connectivity index (χ0) is 17.1. The van der Waals surface area contributed by atoms with Gasteiger partial charge in [0, 0.05) is 36.9 Å². The van der Waals surface area contributed by atoms with Crippen LogP contribution in [0.5, 0.6) is 0 Å². The van der Waals surface area contributed by atoms with E-state index in [0.717, 1.165) is 43.3 Å². The number of aryl methyl sites for hydroxylation is 1. The molecular weight excluding hydrogens is 312 g/mol. The molecule has 1 atom stereocenters. The van der Waals surface area contributed by atoms with Crippen LogP contribution in [0.15, 0.2) is 55.1 Å². The Hall–Kier alpha value is -2.69. The molecule has 0 N–H and O–H groups in total. The maximum atomic E-state index is 13.1. The molecule has 1 amide bonds. The van der Waals surface area contributed by atoms with E-state index in [4.69, 9.17) is 0 Å². The highest BCUT2D eigenvalue weighted by Crippen LogP contribution is 2.23. The summed E-state index contributed by atoms with van der Waals surface area (Å²) in [7, 11) is 0. The number of carbonyl (C=O) groups excluding carboxylic acids is 1. The highest BCUT2D eigenvalue weighted by atomic mass is 16.2. The summed E-state index contributed by atoms with van der Waals surface area (Å²) in [4.78, 5) is 23.8. The fourth-order valence-electron chi connectivity index (χ4n) is 3.62. The Labute approximate surface area is 147 Å². The molecule has 25 heavy (non-hydrogen) atoms. The standard InChI is InChI=1S/C20H22N4O/c25-20(19-9-8-16-5-1-2-7-18(16)22-19)24-12-4-3-6-17(24)10-13-23-14-11-21-15-23/h1-2,5,7-9,11,14-15,17H,3-4,6,10,12-13H2/t17-/m1/s1. The lowest BCUT2D eigenvalue weighted by atomic mass is 9.98. The average molecular weight is 334 g/mol. The maximum absolute atomic E-state index is 13.1. The molecule has 0 radical (unpaired) electrons. The normalized spacial score (nSPS) is 17.8. The molecule has 128 valence electrons. The zero-order valence-electron chi connectivity index (χ0n) is 14.2. The number of carbonyl (C=O) groups is 1. The monoisotopic (exact) mass is 334 g/mol. The van der Waals surface area contributed by atoms with Crippen molar-refractivity contribution in [3.05, 3.63) is 60.8 Å². The third-order valence-corrected chi connectivity index (χ3v) is 4.99. The summed E-state index contributed by atoms with van der Waals surface area (Å²) in [5, 5.41) is 1.06. The molecule has 1 saturated heterocycles. The number of rotatable bonds is 4. The van der Waals surface area contributed by atoms with Crippen molar-refractivity contribution in [3.8, 4) is 0 Å². The topological polar surface area (TPSA) is 51.0 Å². The Morgan fingerprint density at radius 1 is 1.16 bits per heavy atom. The number of fused-ring (bicyclic) bond motifs is 1. The number of aromatic nitrogens is 3. The lowest BCUT2D eigenvalue weighted by Crippen LogP contribution is -2.44. The highest BCUT2D eigenvalue weighted by molar-refractivity contribution is 5.95. The minimum atomic E-state index is 0.0566. The summed E-state index contributed by atoms with van der Waals surface area (Å²) >= 11 is 0. The number of imidazole rings is 1. The van der Waals surface area contributed by atoms with Crippen molar-refractivity contribution in [2.24, 2.45) is 0 Å². The predicted molar refractivity (Wildman–Crippen MR) is 97.3 cm³/mol. The summed E-state index contributed by atoms with van der Waals surface area (Å²) in [6, 6.07) is 12.0. The summed E-state index contributed by atoms with van der Waals surface area (Å²) in [6.07, 6.45) is 9.87. The number of hydrogen-bond acceptors (Lipinski definition) is 3. The van der Waals surface area contributed by atoms with Crippen molar-refractivity contribution in [1.82, 2.24) is 19.4 Å². The van der Waals surface area contributed by atoms with Crippen molar-refractivity contribution in [1.29, 1.82) is 0 Å². The van der Waals surface area contributed by atoms with Crippen molar-refractivity contribution in [2.45, 2.75) is 38.3 Å². The first kappa shape index (κ1) is 15.8. The first-order chi connectivity index (χ1) is 12.3. The van der Waals surface area contributed by atoms with Crippen LogP contribution in [0.3, 0.4) is 0 Å². The fraction of sp³-hybridized carbons (Fsp3) is 0.350. The van der Waals surface area contributed by atoms with Gasteiger partial charge >= 0.3 is 0 Å². The molecular formula is C20H22N4O. The number of benzene rings is 1. The molecule has 0 saturated carbocycles. The molecule has 5 nitrogen and oxygen atoms in total. The number of para-hydroxylation sites is 1. The number of amides is 1. The van der Waals surface area contributed by atoms with E-state index >= 15 is 0 Å². The third kappa shape index (κ3) is 3.40. The number of pyridine rings is 1. The summed E-state index contributed by atoms with van der Waals surface area (Å²) in [5.74, 6) is 0.0566. The Bertz CT molecular complexity index is 859. The molecule has 1 aliphatic rings. The lowest BCUT2D eigenvalue weighted by Gasteiger charge is -2.35. The minimum absolute atomic E-state index is 0.0566. The van der Waals surface area contributed by atoms with Gasteiger partial charge in [-0.2, -0.15) is 0 Å². The molecule has 5 heteroatoms. The van der Waals surface area contributed by atoms with Crippen LogP contribution in [0.25, 0.3) is 10.9 Å². The minimum Gasteiger partial charge on any atom is -0.337 e. The van der Waals surface area contributed by atoms with Crippen molar-refractivity contribution < 1.29 is 4.79 Å². The van der Waals surface area contributed by atoms with Gasteiger partial charge in [-0.05, 0) is 37.8 Å². The quantitative estimate of drug-likeness (QED) is 0.733. The molecule has 1 aliphatic heterocycles.